The molecule has 0 radical (unpaired) electrons. The number of hydrogen-bond donors (Lipinski definition) is 1. The van der Waals surface area contributed by atoms with Crippen molar-refractivity contribution in [1.29, 1.82) is 0 Å². The first-order valence-electron chi connectivity index (χ1n) is 9.56. The second kappa shape index (κ2) is 8.03. The Hall–Kier alpha value is -2.82. The Bertz CT molecular complexity index is 1460. The molecule has 0 aliphatic heterocycles. The van der Waals surface area contributed by atoms with Crippen molar-refractivity contribution in [2.75, 3.05) is 0 Å². The van der Waals surface area contributed by atoms with Gasteiger partial charge in [0.25, 0.3) is 5.56 Å². The monoisotopic (exact) mass is 466 g/mol. The Balaban J connectivity index is 1.44. The van der Waals surface area contributed by atoms with Crippen LogP contribution in [-0.4, -0.2) is 30.2 Å². The number of aromatic nitrogens is 6. The van der Waals surface area contributed by atoms with Crippen molar-refractivity contribution in [3.63, 3.8) is 0 Å². The lowest BCUT2D eigenvalue weighted by molar-refractivity contribution is 0.750. The number of rotatable bonds is 5. The maximum atomic E-state index is 12.9. The van der Waals surface area contributed by atoms with Crippen LogP contribution in [0.15, 0.2) is 45.7 Å². The summed E-state index contributed by atoms with van der Waals surface area (Å²) in [6, 6.07) is 10.2. The van der Waals surface area contributed by atoms with E-state index in [1.54, 1.807) is 16.0 Å². The van der Waals surface area contributed by atoms with Gasteiger partial charge in [-0.05, 0) is 60.5 Å². The number of nitrogens with zero attached hydrogens (tertiary/aromatic N) is 5. The van der Waals surface area contributed by atoms with Gasteiger partial charge in [0.1, 0.15) is 10.7 Å². The van der Waals surface area contributed by atoms with Crippen LogP contribution in [0.25, 0.3) is 26.3 Å². The van der Waals surface area contributed by atoms with Gasteiger partial charge in [-0.3, -0.25) is 4.79 Å². The summed E-state index contributed by atoms with van der Waals surface area (Å²) < 4.78 is 1.73. The number of aryl methyl sites for hydroxylation is 2. The third kappa shape index (κ3) is 3.71. The summed E-state index contributed by atoms with van der Waals surface area (Å²) in [4.78, 5) is 23.5. The maximum absolute atomic E-state index is 12.9. The molecule has 0 aliphatic carbocycles. The second-order valence-electron chi connectivity index (χ2n) is 7.13. The summed E-state index contributed by atoms with van der Waals surface area (Å²) in [5.74, 6) is 1.07. The molecule has 0 bridgehead atoms. The van der Waals surface area contributed by atoms with E-state index in [-0.39, 0.29) is 5.56 Å². The zero-order valence-corrected chi connectivity index (χ0v) is 19.5. The van der Waals surface area contributed by atoms with Crippen LogP contribution in [0.4, 0.5) is 0 Å². The van der Waals surface area contributed by atoms with Gasteiger partial charge in [0.15, 0.2) is 0 Å². The van der Waals surface area contributed by atoms with Crippen molar-refractivity contribution in [2.24, 2.45) is 0 Å². The number of thioether (sulfide) groups is 1. The van der Waals surface area contributed by atoms with Gasteiger partial charge in [-0.15, -0.1) is 27.8 Å². The van der Waals surface area contributed by atoms with E-state index in [4.69, 9.17) is 4.98 Å². The molecule has 1 aromatic carbocycles. The van der Waals surface area contributed by atoms with E-state index in [9.17, 15) is 4.79 Å². The number of hydrogen-bond acceptors (Lipinski definition) is 8. The SMILES string of the molecule is Cc1ccc(-c2csc3nc(CSc4nnnn4-c4cccc(C)c4C)[nH]c(=O)c23)s1. The number of fused-ring (bicyclic) bond motifs is 1. The minimum atomic E-state index is -0.114. The third-order valence-electron chi connectivity index (χ3n) is 5.08. The van der Waals surface area contributed by atoms with E-state index in [0.29, 0.717) is 22.1 Å². The van der Waals surface area contributed by atoms with Crippen LogP contribution in [0, 0.1) is 20.8 Å². The zero-order valence-electron chi connectivity index (χ0n) is 17.0. The first-order chi connectivity index (χ1) is 15.0. The molecule has 5 aromatic rings. The average molecular weight is 467 g/mol. The third-order valence-corrected chi connectivity index (χ3v) is 7.92. The summed E-state index contributed by atoms with van der Waals surface area (Å²) in [5, 5.41) is 15.5. The van der Waals surface area contributed by atoms with Crippen LogP contribution in [0.5, 0.6) is 0 Å². The van der Waals surface area contributed by atoms with Crippen molar-refractivity contribution >= 4 is 44.7 Å². The topological polar surface area (TPSA) is 89.3 Å². The van der Waals surface area contributed by atoms with Gasteiger partial charge in [0, 0.05) is 20.7 Å². The van der Waals surface area contributed by atoms with Crippen LogP contribution in [0.1, 0.15) is 21.8 Å². The normalized spacial score (nSPS) is 11.5. The molecule has 0 amide bonds. The Kier molecular flexibility index (Phi) is 5.20. The van der Waals surface area contributed by atoms with E-state index in [2.05, 4.69) is 59.5 Å². The highest BCUT2D eigenvalue weighted by atomic mass is 32.2. The number of tetrazole rings is 1. The Morgan fingerprint density at radius 1 is 1.16 bits per heavy atom. The molecule has 5 rings (SSSR count). The molecule has 0 aliphatic rings. The number of aromatic amines is 1. The predicted octanol–water partition coefficient (Wildman–Crippen LogP) is 4.91. The van der Waals surface area contributed by atoms with Gasteiger partial charge >= 0.3 is 0 Å². The smallest absolute Gasteiger partial charge is 0.260 e. The molecule has 0 saturated heterocycles. The van der Waals surface area contributed by atoms with Crippen LogP contribution >= 0.6 is 34.4 Å². The fraction of sp³-hybridized carbons (Fsp3) is 0.190. The molecule has 10 heteroatoms. The molecule has 0 saturated carbocycles. The van der Waals surface area contributed by atoms with Gasteiger partial charge in [0.2, 0.25) is 5.16 Å². The fourth-order valence-corrected chi connectivity index (χ4v) is 6.02. The Morgan fingerprint density at radius 2 is 2.03 bits per heavy atom. The zero-order chi connectivity index (χ0) is 21.5. The number of benzene rings is 1. The minimum absolute atomic E-state index is 0.114. The van der Waals surface area contributed by atoms with E-state index in [0.717, 1.165) is 26.5 Å². The summed E-state index contributed by atoms with van der Waals surface area (Å²) in [5.41, 5.74) is 4.08. The van der Waals surface area contributed by atoms with Crippen molar-refractivity contribution in [3.05, 3.63) is 67.9 Å². The molecule has 4 heterocycles. The second-order valence-corrected chi connectivity index (χ2v) is 10.2. The maximum Gasteiger partial charge on any atom is 0.260 e. The largest absolute Gasteiger partial charge is 0.309 e. The summed E-state index contributed by atoms with van der Waals surface area (Å²) in [7, 11) is 0. The molecule has 0 fully saturated rings. The minimum Gasteiger partial charge on any atom is -0.309 e. The van der Waals surface area contributed by atoms with Gasteiger partial charge in [-0.1, -0.05) is 23.9 Å². The van der Waals surface area contributed by atoms with Crippen molar-refractivity contribution in [3.8, 4) is 16.1 Å². The molecule has 0 unspecified atom stereocenters. The van der Waals surface area contributed by atoms with Crippen LogP contribution < -0.4 is 5.56 Å². The molecule has 31 heavy (non-hydrogen) atoms. The predicted molar refractivity (Wildman–Crippen MR) is 126 cm³/mol. The highest BCUT2D eigenvalue weighted by molar-refractivity contribution is 7.98. The molecule has 0 spiro atoms. The van der Waals surface area contributed by atoms with Gasteiger partial charge < -0.3 is 4.98 Å². The lowest BCUT2D eigenvalue weighted by Crippen LogP contribution is -2.11. The lowest BCUT2D eigenvalue weighted by Gasteiger charge is -2.09. The van der Waals surface area contributed by atoms with Gasteiger partial charge in [-0.2, -0.15) is 4.68 Å². The van der Waals surface area contributed by atoms with Crippen molar-refractivity contribution in [2.45, 2.75) is 31.7 Å². The standard InChI is InChI=1S/C21H18N6OS3/c1-11-5-4-6-15(13(11)3)27-21(24-25-26-27)30-10-17-22-19(28)18-14(9-29-20(18)23-17)16-8-7-12(2)31-16/h4-9H,10H2,1-3H3,(H,22,23,28). The summed E-state index contributed by atoms with van der Waals surface area (Å²) in [6.45, 7) is 6.18. The molecule has 156 valence electrons. The summed E-state index contributed by atoms with van der Waals surface area (Å²) >= 11 is 4.62. The number of thiophene rings is 2. The first-order valence-corrected chi connectivity index (χ1v) is 12.2. The van der Waals surface area contributed by atoms with Crippen molar-refractivity contribution in [1.82, 2.24) is 30.2 Å². The average Bonchev–Trinajstić information content (AvgIpc) is 3.48. The van der Waals surface area contributed by atoms with E-state index in [1.807, 2.05) is 17.5 Å². The van der Waals surface area contributed by atoms with Gasteiger partial charge in [0.05, 0.1) is 16.8 Å². The molecular formula is C21H18N6OS3. The van der Waals surface area contributed by atoms with Gasteiger partial charge in [-0.25, -0.2) is 4.98 Å². The number of H-pyrrole nitrogens is 1. The number of nitrogens with one attached hydrogen (secondary N) is 1. The Morgan fingerprint density at radius 3 is 2.84 bits per heavy atom. The quantitative estimate of drug-likeness (QED) is 0.370. The summed E-state index contributed by atoms with van der Waals surface area (Å²) in [6.07, 6.45) is 0. The van der Waals surface area contributed by atoms with Crippen LogP contribution in [-0.2, 0) is 5.75 Å². The molecule has 7 nitrogen and oxygen atoms in total. The van der Waals surface area contributed by atoms with Crippen LogP contribution in [0.2, 0.25) is 0 Å². The van der Waals surface area contributed by atoms with E-state index >= 15 is 0 Å². The molecule has 1 N–H and O–H groups in total. The van der Waals surface area contributed by atoms with Crippen LogP contribution in [0.3, 0.4) is 0 Å². The molecule has 0 atom stereocenters. The first kappa shape index (κ1) is 20.1. The Labute approximate surface area is 190 Å². The molecular weight excluding hydrogens is 448 g/mol. The highest BCUT2D eigenvalue weighted by Crippen LogP contribution is 2.35. The lowest BCUT2D eigenvalue weighted by atomic mass is 10.1. The van der Waals surface area contributed by atoms with Crippen molar-refractivity contribution < 1.29 is 0 Å². The molecule has 4 aromatic heterocycles. The highest BCUT2D eigenvalue weighted by Gasteiger charge is 2.16. The fourth-order valence-electron chi connectivity index (χ4n) is 3.34. The van der Waals surface area contributed by atoms with E-state index < -0.39 is 0 Å². The van der Waals surface area contributed by atoms with E-state index in [1.165, 1.54) is 33.5 Å².